The van der Waals surface area contributed by atoms with Crippen molar-refractivity contribution in [2.75, 3.05) is 53.0 Å². The van der Waals surface area contributed by atoms with Crippen LogP contribution in [0.2, 0.25) is 0 Å². The van der Waals surface area contributed by atoms with E-state index < -0.39 is 79.1 Å². The van der Waals surface area contributed by atoms with Gasteiger partial charge in [-0.1, -0.05) is 0 Å². The Labute approximate surface area is 231 Å². The molecule has 17 nitrogen and oxygen atoms in total. The molecule has 0 aliphatic carbocycles. The van der Waals surface area contributed by atoms with Crippen molar-refractivity contribution in [3.05, 3.63) is 0 Å². The lowest BCUT2D eigenvalue weighted by atomic mass is 10.0. The average Bonchev–Trinajstić information content (AvgIpc) is 2.91. The SMILES string of the molecule is CNC(=O)CN(CC(=O)NCCO[C@@H]1O[C@@H](C)[C@@H](O)[C@@H](O)[C@@H]1O)CC(=O)NCCO[C@@H]1O[C@@H](C)[C@@H](O)[C@@H](O)[C@@H]1O. The highest BCUT2D eigenvalue weighted by Gasteiger charge is 2.43. The zero-order chi connectivity index (χ0) is 30.0. The summed E-state index contributed by atoms with van der Waals surface area (Å²) in [6.07, 6.45) is -12.3. The summed E-state index contributed by atoms with van der Waals surface area (Å²) in [5.41, 5.74) is 0. The highest BCUT2D eigenvalue weighted by atomic mass is 16.7. The maximum atomic E-state index is 12.4. The van der Waals surface area contributed by atoms with Crippen LogP contribution in [0, 0.1) is 0 Å². The molecule has 0 aromatic rings. The molecule has 0 spiro atoms. The lowest BCUT2D eigenvalue weighted by molar-refractivity contribution is -0.292. The summed E-state index contributed by atoms with van der Waals surface area (Å²) >= 11 is 0. The number of rotatable bonds is 14. The topological polar surface area (TPSA) is 249 Å². The largest absolute Gasteiger partial charge is 0.388 e. The Kier molecular flexibility index (Phi) is 14.0. The van der Waals surface area contributed by atoms with Gasteiger partial charge in [0, 0.05) is 20.1 Å². The van der Waals surface area contributed by atoms with Crippen molar-refractivity contribution in [2.24, 2.45) is 0 Å². The lowest BCUT2D eigenvalue weighted by Gasteiger charge is -2.38. The van der Waals surface area contributed by atoms with Crippen molar-refractivity contribution in [1.29, 1.82) is 0 Å². The highest BCUT2D eigenvalue weighted by Crippen LogP contribution is 2.22. The highest BCUT2D eigenvalue weighted by molar-refractivity contribution is 5.83. The molecule has 3 amide bonds. The van der Waals surface area contributed by atoms with Crippen LogP contribution in [0.4, 0.5) is 0 Å². The first kappa shape index (κ1) is 34.2. The van der Waals surface area contributed by atoms with Gasteiger partial charge in [-0.15, -0.1) is 0 Å². The van der Waals surface area contributed by atoms with E-state index in [1.54, 1.807) is 0 Å². The molecular formula is C23H42N4O13. The minimum absolute atomic E-state index is 0.00474. The third kappa shape index (κ3) is 10.1. The number of hydrogen-bond donors (Lipinski definition) is 9. The van der Waals surface area contributed by atoms with E-state index in [1.165, 1.54) is 25.8 Å². The van der Waals surface area contributed by atoms with Gasteiger partial charge >= 0.3 is 0 Å². The van der Waals surface area contributed by atoms with Crippen LogP contribution in [0.15, 0.2) is 0 Å². The molecular weight excluding hydrogens is 540 g/mol. The predicted octanol–water partition coefficient (Wildman–Crippen LogP) is -6.04. The molecule has 2 aliphatic rings. The van der Waals surface area contributed by atoms with Crippen molar-refractivity contribution in [3.8, 4) is 0 Å². The fraction of sp³-hybridized carbons (Fsp3) is 0.870. The number of aliphatic hydroxyl groups excluding tert-OH is 6. The average molecular weight is 583 g/mol. The number of ether oxygens (including phenoxy) is 4. The second-order valence-electron chi connectivity index (χ2n) is 9.62. The van der Waals surface area contributed by atoms with Gasteiger partial charge < -0.3 is 65.5 Å². The first-order valence-corrected chi connectivity index (χ1v) is 12.9. The van der Waals surface area contributed by atoms with Crippen LogP contribution in [0.1, 0.15) is 13.8 Å². The molecule has 2 fully saturated rings. The van der Waals surface area contributed by atoms with Crippen molar-refractivity contribution in [3.63, 3.8) is 0 Å². The fourth-order valence-electron chi connectivity index (χ4n) is 4.00. The quantitative estimate of drug-likeness (QED) is 0.0865. The molecule has 0 bridgehead atoms. The third-order valence-corrected chi connectivity index (χ3v) is 6.41. The Balaban J connectivity index is 1.72. The summed E-state index contributed by atoms with van der Waals surface area (Å²) in [5.74, 6) is -1.46. The second-order valence-corrected chi connectivity index (χ2v) is 9.62. The summed E-state index contributed by atoms with van der Waals surface area (Å²) in [7, 11) is 1.41. The van der Waals surface area contributed by atoms with Crippen molar-refractivity contribution in [2.45, 2.75) is 75.3 Å². The van der Waals surface area contributed by atoms with Crippen LogP contribution in [-0.4, -0.2) is 168 Å². The Bertz CT molecular complexity index is 768. The van der Waals surface area contributed by atoms with E-state index >= 15 is 0 Å². The van der Waals surface area contributed by atoms with Gasteiger partial charge in [0.25, 0.3) is 0 Å². The van der Waals surface area contributed by atoms with Gasteiger partial charge in [-0.3, -0.25) is 19.3 Å². The van der Waals surface area contributed by atoms with Gasteiger partial charge in [0.2, 0.25) is 17.7 Å². The Morgan fingerprint density at radius 1 is 0.650 bits per heavy atom. The first-order chi connectivity index (χ1) is 18.8. The molecule has 0 radical (unpaired) electrons. The summed E-state index contributed by atoms with van der Waals surface area (Å²) < 4.78 is 21.3. The van der Waals surface area contributed by atoms with E-state index in [0.29, 0.717) is 0 Å². The smallest absolute Gasteiger partial charge is 0.234 e. The van der Waals surface area contributed by atoms with E-state index in [9.17, 15) is 45.0 Å². The zero-order valence-electron chi connectivity index (χ0n) is 22.7. The van der Waals surface area contributed by atoms with Gasteiger partial charge in [-0.05, 0) is 13.8 Å². The van der Waals surface area contributed by atoms with Crippen LogP contribution < -0.4 is 16.0 Å². The number of carbonyl (C=O) groups is 3. The van der Waals surface area contributed by atoms with Gasteiger partial charge in [0.15, 0.2) is 12.6 Å². The molecule has 2 heterocycles. The molecule has 0 saturated carbocycles. The van der Waals surface area contributed by atoms with Crippen LogP contribution in [0.25, 0.3) is 0 Å². The number of nitrogens with one attached hydrogen (secondary N) is 3. The Hall–Kier alpha value is -2.03. The number of hydrogen-bond acceptors (Lipinski definition) is 14. The first-order valence-electron chi connectivity index (χ1n) is 12.9. The minimum Gasteiger partial charge on any atom is -0.388 e. The van der Waals surface area contributed by atoms with E-state index in [1.807, 2.05) is 0 Å². The number of likely N-dealkylation sites (N-methyl/N-ethyl adjacent to an activating group) is 1. The van der Waals surface area contributed by atoms with Gasteiger partial charge in [-0.2, -0.15) is 0 Å². The summed E-state index contributed by atoms with van der Waals surface area (Å²) in [6.45, 7) is 1.98. The Morgan fingerprint density at radius 3 is 1.40 bits per heavy atom. The predicted molar refractivity (Wildman–Crippen MR) is 133 cm³/mol. The van der Waals surface area contributed by atoms with Crippen molar-refractivity contribution in [1.82, 2.24) is 20.9 Å². The van der Waals surface area contributed by atoms with Gasteiger partial charge in [0.1, 0.15) is 36.6 Å². The number of carbonyl (C=O) groups excluding carboxylic acids is 3. The molecule has 0 aromatic heterocycles. The lowest BCUT2D eigenvalue weighted by Crippen LogP contribution is -2.57. The maximum absolute atomic E-state index is 12.4. The summed E-state index contributed by atoms with van der Waals surface area (Å²) in [4.78, 5) is 37.9. The van der Waals surface area contributed by atoms with E-state index in [4.69, 9.17) is 18.9 Å². The second kappa shape index (κ2) is 16.4. The standard InChI is InChI=1S/C23H42N4O13/c1-11-16(31)18(33)20(35)22(39-11)37-6-4-25-14(29)9-27(8-13(28)24-3)10-15(30)26-5-7-38-23-21(36)19(34)17(32)12(2)40-23/h11-12,16-23,31-36H,4-10H2,1-3H3,(H,24,28)(H,25,29)(H,26,30)/t11-,12-,16+,17+,18+,19+,20-,21-,22+,23+/m0/s1. The third-order valence-electron chi connectivity index (χ3n) is 6.41. The monoisotopic (exact) mass is 582 g/mol. The van der Waals surface area contributed by atoms with E-state index in [2.05, 4.69) is 16.0 Å². The van der Waals surface area contributed by atoms with Crippen LogP contribution in [0.5, 0.6) is 0 Å². The zero-order valence-corrected chi connectivity index (χ0v) is 22.7. The van der Waals surface area contributed by atoms with Crippen LogP contribution in [-0.2, 0) is 33.3 Å². The van der Waals surface area contributed by atoms with Gasteiger partial charge in [0.05, 0.1) is 45.1 Å². The molecule has 9 N–H and O–H groups in total. The van der Waals surface area contributed by atoms with Crippen LogP contribution >= 0.6 is 0 Å². The number of nitrogens with zero attached hydrogens (tertiary/aromatic N) is 1. The molecule has 10 atom stereocenters. The minimum atomic E-state index is -1.47. The normalized spacial score (nSPS) is 34.4. The molecule has 232 valence electrons. The number of amides is 3. The molecule has 2 rings (SSSR count). The molecule has 40 heavy (non-hydrogen) atoms. The van der Waals surface area contributed by atoms with Crippen molar-refractivity contribution < 1.29 is 64.0 Å². The molecule has 2 aliphatic heterocycles. The van der Waals surface area contributed by atoms with E-state index in [0.717, 1.165) is 0 Å². The van der Waals surface area contributed by atoms with E-state index in [-0.39, 0.29) is 45.9 Å². The van der Waals surface area contributed by atoms with Crippen molar-refractivity contribution >= 4 is 17.7 Å². The van der Waals surface area contributed by atoms with Gasteiger partial charge in [-0.25, -0.2) is 0 Å². The Morgan fingerprint density at radius 2 is 1.02 bits per heavy atom. The molecule has 0 aromatic carbocycles. The molecule has 17 heteroatoms. The molecule has 2 saturated heterocycles. The number of aliphatic hydroxyl groups is 6. The molecule has 0 unspecified atom stereocenters. The fourth-order valence-corrected chi connectivity index (χ4v) is 4.00. The summed E-state index contributed by atoms with van der Waals surface area (Å²) in [5, 5.41) is 66.5. The summed E-state index contributed by atoms with van der Waals surface area (Å²) in [6, 6.07) is 0. The van der Waals surface area contributed by atoms with Crippen LogP contribution in [0.3, 0.4) is 0 Å². The maximum Gasteiger partial charge on any atom is 0.234 e.